The number of rotatable bonds is 5. The number of anilines is 2. The summed E-state index contributed by atoms with van der Waals surface area (Å²) in [7, 11) is -15.0. The molecule has 0 bridgehead atoms. The van der Waals surface area contributed by atoms with E-state index in [9.17, 15) is 38.9 Å². The van der Waals surface area contributed by atoms with E-state index in [-0.39, 0.29) is 5.69 Å². The van der Waals surface area contributed by atoms with Crippen molar-refractivity contribution in [1.82, 2.24) is 4.98 Å². The van der Waals surface area contributed by atoms with Gasteiger partial charge in [0, 0.05) is 34.5 Å². The highest BCUT2D eigenvalue weighted by atomic mass is 32.2. The molecule has 3 rings (SSSR count). The largest absolute Gasteiger partial charge is 0.355 e. The average Bonchev–Trinajstić information content (AvgIpc) is 2.59. The quantitative estimate of drug-likeness (QED) is 0.406. The molecule has 29 heavy (non-hydrogen) atoms. The van der Waals surface area contributed by atoms with Gasteiger partial charge in [-0.3, -0.25) is 18.6 Å². The summed E-state index contributed by atoms with van der Waals surface area (Å²) >= 11 is 0. The highest BCUT2D eigenvalue weighted by Gasteiger charge is 2.26. The molecule has 0 atom stereocenters. The second-order valence-corrected chi connectivity index (χ2v) is 9.94. The Morgan fingerprint density at radius 3 is 1.83 bits per heavy atom. The first-order chi connectivity index (χ1) is 13.3. The molecule has 0 amide bonds. The van der Waals surface area contributed by atoms with Crippen LogP contribution < -0.4 is 5.32 Å². The molecule has 0 fully saturated rings. The zero-order valence-electron chi connectivity index (χ0n) is 14.1. The monoisotopic (exact) mass is 460 g/mol. The van der Waals surface area contributed by atoms with Gasteiger partial charge in [-0.2, -0.15) is 25.3 Å². The Hall–Kier alpha value is -2.62. The van der Waals surface area contributed by atoms with Crippen molar-refractivity contribution in [3.05, 3.63) is 48.8 Å². The van der Waals surface area contributed by atoms with Crippen LogP contribution in [0.1, 0.15) is 0 Å². The zero-order chi connectivity index (χ0) is 21.6. The van der Waals surface area contributed by atoms with E-state index in [0.717, 1.165) is 12.1 Å². The number of aromatic nitrogens is 1. The van der Waals surface area contributed by atoms with Crippen LogP contribution in [0, 0.1) is 0 Å². The van der Waals surface area contributed by atoms with Gasteiger partial charge >= 0.3 is 0 Å². The summed E-state index contributed by atoms with van der Waals surface area (Å²) in [6.45, 7) is 0. The van der Waals surface area contributed by atoms with Crippen LogP contribution in [0.25, 0.3) is 10.8 Å². The molecule has 3 aromatic rings. The molecule has 0 radical (unpaired) electrons. The van der Waals surface area contributed by atoms with Crippen LogP contribution in [0.5, 0.6) is 0 Å². The number of pyridine rings is 1. The maximum Gasteiger partial charge on any atom is 0.295 e. The first-order valence-electron chi connectivity index (χ1n) is 7.49. The van der Waals surface area contributed by atoms with E-state index in [2.05, 4.69) is 10.3 Å². The number of hydrogen-bond donors (Lipinski definition) is 4. The fraction of sp³-hybridized carbons (Fsp3) is 0. The molecule has 0 aliphatic rings. The molecule has 2 aromatic carbocycles. The third-order valence-corrected chi connectivity index (χ3v) is 6.45. The third-order valence-electron chi connectivity index (χ3n) is 3.82. The zero-order valence-corrected chi connectivity index (χ0v) is 16.5. The van der Waals surface area contributed by atoms with E-state index in [4.69, 9.17) is 0 Å². The Kier molecular flexibility index (Phi) is 5.10. The number of hydrogen-bond acceptors (Lipinski definition) is 8. The number of nitrogens with one attached hydrogen (secondary N) is 1. The van der Waals surface area contributed by atoms with Gasteiger partial charge in [-0.05, 0) is 36.4 Å². The lowest BCUT2D eigenvalue weighted by atomic mass is 10.1. The van der Waals surface area contributed by atoms with Crippen molar-refractivity contribution in [3.8, 4) is 0 Å². The van der Waals surface area contributed by atoms with Crippen LogP contribution >= 0.6 is 0 Å². The van der Waals surface area contributed by atoms with Crippen LogP contribution in [0.2, 0.25) is 0 Å². The molecule has 1 heterocycles. The summed E-state index contributed by atoms with van der Waals surface area (Å²) in [5.41, 5.74) is 0.370. The molecule has 0 aliphatic heterocycles. The number of fused-ring (bicyclic) bond motifs is 1. The van der Waals surface area contributed by atoms with E-state index in [1.807, 2.05) is 0 Å². The third kappa shape index (κ3) is 4.36. The van der Waals surface area contributed by atoms with Gasteiger partial charge in [-0.25, -0.2) is 0 Å². The van der Waals surface area contributed by atoms with Crippen molar-refractivity contribution in [3.63, 3.8) is 0 Å². The van der Waals surface area contributed by atoms with Gasteiger partial charge in [0.1, 0.15) is 9.79 Å². The molecule has 0 aliphatic carbocycles. The van der Waals surface area contributed by atoms with Gasteiger partial charge in [0.2, 0.25) is 0 Å². The maximum atomic E-state index is 11.9. The van der Waals surface area contributed by atoms with Crippen molar-refractivity contribution in [2.24, 2.45) is 0 Å². The molecule has 14 heteroatoms. The lowest BCUT2D eigenvalue weighted by Gasteiger charge is -2.15. The van der Waals surface area contributed by atoms with E-state index >= 15 is 0 Å². The van der Waals surface area contributed by atoms with Crippen molar-refractivity contribution in [1.29, 1.82) is 0 Å². The van der Waals surface area contributed by atoms with Gasteiger partial charge in [0.25, 0.3) is 30.4 Å². The summed E-state index contributed by atoms with van der Waals surface area (Å²) in [6.07, 6.45) is 2.83. The Balaban J connectivity index is 2.53. The summed E-state index contributed by atoms with van der Waals surface area (Å²) in [5.74, 6) is 0. The predicted octanol–water partition coefficient (Wildman–Crippen LogP) is 1.72. The summed E-state index contributed by atoms with van der Waals surface area (Å²) in [4.78, 5) is 0.986. The summed E-state index contributed by atoms with van der Waals surface area (Å²) < 4.78 is 98.8. The van der Waals surface area contributed by atoms with Crippen LogP contribution in [0.4, 0.5) is 11.4 Å². The van der Waals surface area contributed by atoms with Crippen LogP contribution in [-0.2, 0) is 30.4 Å². The highest BCUT2D eigenvalue weighted by Crippen LogP contribution is 2.37. The molecule has 154 valence electrons. The van der Waals surface area contributed by atoms with E-state index in [1.54, 1.807) is 0 Å². The Labute approximate surface area is 165 Å². The van der Waals surface area contributed by atoms with Gasteiger partial charge in [-0.1, -0.05) is 0 Å². The standard InChI is InChI=1S/C15H12N2O9S3/c18-27(19,20)10-7-11-13(28(21,22)23)2-1-12(17-9-3-5-16-6-4-9)15(11)14(8-10)29(24,25)26/h1-8H,(H,16,17)(H,18,19,20)(H,21,22,23)(H,24,25,26). The number of benzene rings is 2. The van der Waals surface area contributed by atoms with Gasteiger partial charge in [0.05, 0.1) is 4.90 Å². The van der Waals surface area contributed by atoms with Gasteiger partial charge in [0.15, 0.2) is 0 Å². The van der Waals surface area contributed by atoms with Crippen molar-refractivity contribution >= 4 is 52.5 Å². The molecule has 0 spiro atoms. The minimum atomic E-state index is -5.09. The SMILES string of the molecule is O=S(=O)(O)c1cc(S(=O)(=O)O)c2c(Nc3ccncc3)ccc(S(=O)(=O)O)c2c1. The normalized spacial score (nSPS) is 12.8. The fourth-order valence-corrected chi connectivity index (χ4v) is 4.71. The lowest BCUT2D eigenvalue weighted by Crippen LogP contribution is -2.08. The van der Waals surface area contributed by atoms with E-state index in [0.29, 0.717) is 17.8 Å². The number of nitrogens with zero attached hydrogens (tertiary/aromatic N) is 1. The van der Waals surface area contributed by atoms with Crippen molar-refractivity contribution in [2.45, 2.75) is 14.7 Å². The first kappa shape index (κ1) is 21.1. The van der Waals surface area contributed by atoms with Crippen molar-refractivity contribution in [2.75, 3.05) is 5.32 Å². The van der Waals surface area contributed by atoms with Crippen molar-refractivity contribution < 1.29 is 38.9 Å². The Morgan fingerprint density at radius 1 is 0.724 bits per heavy atom. The lowest BCUT2D eigenvalue weighted by molar-refractivity contribution is 0.478. The van der Waals surface area contributed by atoms with Crippen LogP contribution in [0.15, 0.2) is 63.5 Å². The molecular weight excluding hydrogens is 448 g/mol. The molecule has 11 nitrogen and oxygen atoms in total. The minimum Gasteiger partial charge on any atom is -0.355 e. The second-order valence-electron chi connectivity index (χ2n) is 5.74. The summed E-state index contributed by atoms with van der Waals surface area (Å²) in [6, 6.07) is 6.17. The first-order valence-corrected chi connectivity index (χ1v) is 11.8. The molecule has 0 saturated heterocycles. The molecule has 0 unspecified atom stereocenters. The topological polar surface area (TPSA) is 188 Å². The summed E-state index contributed by atoms with van der Waals surface area (Å²) in [5, 5.41) is 1.81. The van der Waals surface area contributed by atoms with Crippen LogP contribution in [-0.4, -0.2) is 43.9 Å². The smallest absolute Gasteiger partial charge is 0.295 e. The minimum absolute atomic E-state index is 0.0342. The van der Waals surface area contributed by atoms with Crippen LogP contribution in [0.3, 0.4) is 0 Å². The van der Waals surface area contributed by atoms with Gasteiger partial charge < -0.3 is 5.32 Å². The van der Waals surface area contributed by atoms with Gasteiger partial charge in [-0.15, -0.1) is 0 Å². The van der Waals surface area contributed by atoms with E-state index < -0.39 is 55.8 Å². The molecule has 1 aromatic heterocycles. The Bertz CT molecular complexity index is 1430. The highest BCUT2D eigenvalue weighted by molar-refractivity contribution is 7.87. The fourth-order valence-electron chi connectivity index (χ4n) is 2.67. The molecule has 0 saturated carbocycles. The van der Waals surface area contributed by atoms with E-state index in [1.165, 1.54) is 24.5 Å². The average molecular weight is 460 g/mol. The maximum absolute atomic E-state index is 11.9. The molecule has 4 N–H and O–H groups in total. The second kappa shape index (κ2) is 7.01. The Morgan fingerprint density at radius 2 is 1.31 bits per heavy atom. The molecular formula is C15H12N2O9S3. The predicted molar refractivity (Wildman–Crippen MR) is 101 cm³/mol.